The summed E-state index contributed by atoms with van der Waals surface area (Å²) >= 11 is 0. The number of aromatic nitrogens is 5. The highest BCUT2D eigenvalue weighted by molar-refractivity contribution is 6.10. The zero-order valence-corrected chi connectivity index (χ0v) is 22.3. The maximum atomic E-state index is 15.3. The average Bonchev–Trinajstić information content (AvgIpc) is 3.71. The first-order valence-electron chi connectivity index (χ1n) is 12.8. The Balaban J connectivity index is 1.29. The van der Waals surface area contributed by atoms with Crippen molar-refractivity contribution in [3.05, 3.63) is 82.8 Å². The zero-order valence-electron chi connectivity index (χ0n) is 22.3. The molecule has 0 spiro atoms. The van der Waals surface area contributed by atoms with Crippen LogP contribution in [0.2, 0.25) is 0 Å². The minimum Gasteiger partial charge on any atom is -0.495 e. The van der Waals surface area contributed by atoms with Crippen LogP contribution in [0.1, 0.15) is 45.6 Å². The SMILES string of the molecule is COc1cncc(C#Cc2cnc(CN(C(=O)c3cc4c(cc3F)nc(N)c3cnn(C)c34)C3CC3)cc2C)c1. The third-order valence-corrected chi connectivity index (χ3v) is 7.07. The van der Waals surface area contributed by atoms with E-state index in [9.17, 15) is 4.79 Å². The van der Waals surface area contributed by atoms with Crippen molar-refractivity contribution in [2.75, 3.05) is 12.8 Å². The van der Waals surface area contributed by atoms with Crippen molar-refractivity contribution in [2.45, 2.75) is 32.4 Å². The molecule has 9 nitrogen and oxygen atoms in total. The summed E-state index contributed by atoms with van der Waals surface area (Å²) < 4.78 is 22.2. The Morgan fingerprint density at radius 3 is 2.73 bits per heavy atom. The molecule has 0 unspecified atom stereocenters. The van der Waals surface area contributed by atoms with Crippen molar-refractivity contribution in [3.63, 3.8) is 0 Å². The number of fused-ring (bicyclic) bond motifs is 3. The molecule has 0 atom stereocenters. The maximum absolute atomic E-state index is 15.3. The first-order valence-corrected chi connectivity index (χ1v) is 12.8. The van der Waals surface area contributed by atoms with E-state index >= 15 is 4.39 Å². The van der Waals surface area contributed by atoms with Gasteiger partial charge >= 0.3 is 0 Å². The van der Waals surface area contributed by atoms with Gasteiger partial charge < -0.3 is 15.4 Å². The number of nitrogen functional groups attached to an aromatic ring is 1. The Morgan fingerprint density at radius 1 is 1.15 bits per heavy atom. The number of amides is 1. The Kier molecular flexibility index (Phi) is 6.27. The second kappa shape index (κ2) is 9.93. The number of carbonyl (C=O) groups excluding carboxylic acids is 1. The number of hydrogen-bond acceptors (Lipinski definition) is 7. The van der Waals surface area contributed by atoms with E-state index in [4.69, 9.17) is 10.5 Å². The van der Waals surface area contributed by atoms with Gasteiger partial charge in [0, 0.05) is 48.1 Å². The van der Waals surface area contributed by atoms with Crippen LogP contribution in [0.3, 0.4) is 0 Å². The molecule has 0 saturated heterocycles. The van der Waals surface area contributed by atoms with E-state index in [0.29, 0.717) is 33.2 Å². The normalized spacial score (nSPS) is 12.8. The van der Waals surface area contributed by atoms with Gasteiger partial charge in [-0.3, -0.25) is 19.4 Å². The van der Waals surface area contributed by atoms with Crippen LogP contribution < -0.4 is 10.5 Å². The highest BCUT2D eigenvalue weighted by Crippen LogP contribution is 2.33. The number of pyridine rings is 3. The van der Waals surface area contributed by atoms with Crippen molar-refractivity contribution < 1.29 is 13.9 Å². The molecule has 5 aromatic rings. The fourth-order valence-electron chi connectivity index (χ4n) is 4.80. The molecule has 1 aliphatic rings. The lowest BCUT2D eigenvalue weighted by Crippen LogP contribution is -2.33. The summed E-state index contributed by atoms with van der Waals surface area (Å²) in [5, 5.41) is 5.54. The predicted octanol–water partition coefficient (Wildman–Crippen LogP) is 4.15. The number of nitrogens with two attached hydrogens (primary N) is 1. The smallest absolute Gasteiger partial charge is 0.257 e. The quantitative estimate of drug-likeness (QED) is 0.337. The molecule has 2 N–H and O–H groups in total. The number of hydrogen-bond donors (Lipinski definition) is 1. The molecule has 4 heterocycles. The molecule has 0 bridgehead atoms. The monoisotopic (exact) mass is 535 g/mol. The van der Waals surface area contributed by atoms with E-state index in [1.165, 1.54) is 6.07 Å². The number of methoxy groups -OCH3 is 1. The second-order valence-corrected chi connectivity index (χ2v) is 9.89. The lowest BCUT2D eigenvalue weighted by Gasteiger charge is -2.23. The number of halogens is 1. The van der Waals surface area contributed by atoms with Gasteiger partial charge in [0.2, 0.25) is 0 Å². The minimum absolute atomic E-state index is 0.0143. The lowest BCUT2D eigenvalue weighted by molar-refractivity contribution is 0.0723. The molecule has 1 aromatic carbocycles. The molecule has 0 radical (unpaired) electrons. The minimum atomic E-state index is -0.640. The Bertz CT molecular complexity index is 1870. The summed E-state index contributed by atoms with van der Waals surface area (Å²) in [6, 6.07) is 6.59. The van der Waals surface area contributed by atoms with E-state index < -0.39 is 5.82 Å². The third-order valence-electron chi connectivity index (χ3n) is 7.07. The Labute approximate surface area is 229 Å². The third kappa shape index (κ3) is 4.66. The number of anilines is 1. The second-order valence-electron chi connectivity index (χ2n) is 9.89. The predicted molar refractivity (Wildman–Crippen MR) is 149 cm³/mol. The molecule has 1 saturated carbocycles. The van der Waals surface area contributed by atoms with Crippen LogP contribution >= 0.6 is 0 Å². The first-order chi connectivity index (χ1) is 19.3. The topological polar surface area (TPSA) is 112 Å². The highest BCUT2D eigenvalue weighted by Gasteiger charge is 2.34. The van der Waals surface area contributed by atoms with Crippen molar-refractivity contribution in [1.82, 2.24) is 29.6 Å². The molecular weight excluding hydrogens is 509 g/mol. The lowest BCUT2D eigenvalue weighted by atomic mass is 10.1. The molecule has 200 valence electrons. The Hall–Kier alpha value is -5.04. The molecule has 6 rings (SSSR count). The van der Waals surface area contributed by atoms with E-state index in [1.54, 1.807) is 54.6 Å². The highest BCUT2D eigenvalue weighted by atomic mass is 19.1. The van der Waals surface area contributed by atoms with Gasteiger partial charge in [-0.05, 0) is 43.5 Å². The number of ether oxygens (including phenoxy) is 1. The first kappa shape index (κ1) is 25.2. The molecule has 10 heteroatoms. The fraction of sp³-hybridized carbons (Fsp3) is 0.233. The van der Waals surface area contributed by atoms with E-state index in [-0.39, 0.29) is 29.9 Å². The Morgan fingerprint density at radius 2 is 1.98 bits per heavy atom. The standard InChI is InChI=1S/C30H26FN7O2/c1-17-8-20(34-13-19(17)5-4-18-9-22(40-3)14-33-12-18)16-38(21-6-7-21)30(39)23-10-24-27(11-26(23)31)36-29(32)25-15-35-37(2)28(24)25/h8-15,21H,6-7,16H2,1-3H3,(H2,32,36). The molecule has 1 amide bonds. The summed E-state index contributed by atoms with van der Waals surface area (Å²) in [5.74, 6) is 6.09. The number of rotatable bonds is 5. The van der Waals surface area contributed by atoms with Crippen LogP contribution in [0, 0.1) is 24.6 Å². The molecule has 1 fully saturated rings. The van der Waals surface area contributed by atoms with E-state index in [1.807, 2.05) is 19.1 Å². The van der Waals surface area contributed by atoms with Crippen molar-refractivity contribution in [3.8, 4) is 17.6 Å². The van der Waals surface area contributed by atoms with Gasteiger partial charge in [0.15, 0.2) is 0 Å². The summed E-state index contributed by atoms with van der Waals surface area (Å²) in [7, 11) is 3.36. The molecule has 0 aliphatic heterocycles. The average molecular weight is 536 g/mol. The van der Waals surface area contributed by atoms with Gasteiger partial charge in [-0.25, -0.2) is 9.37 Å². The summed E-state index contributed by atoms with van der Waals surface area (Å²) in [6.07, 6.45) is 8.34. The van der Waals surface area contributed by atoms with Crippen LogP contribution in [0.15, 0.2) is 49.1 Å². The van der Waals surface area contributed by atoms with Crippen molar-refractivity contribution in [1.29, 1.82) is 0 Å². The van der Waals surface area contributed by atoms with Crippen molar-refractivity contribution in [2.24, 2.45) is 7.05 Å². The van der Waals surface area contributed by atoms with Crippen molar-refractivity contribution >= 4 is 33.5 Å². The number of nitrogens with zero attached hydrogens (tertiary/aromatic N) is 6. The van der Waals surface area contributed by atoms with E-state index in [0.717, 1.165) is 29.5 Å². The summed E-state index contributed by atoms with van der Waals surface area (Å²) in [4.78, 5) is 28.5. The van der Waals surface area contributed by atoms with Crippen LogP contribution in [0.5, 0.6) is 5.75 Å². The number of benzene rings is 1. The zero-order chi connectivity index (χ0) is 28.0. The molecular formula is C30H26FN7O2. The van der Waals surface area contributed by atoms with Crippen LogP contribution in [-0.2, 0) is 13.6 Å². The number of carbonyl (C=O) groups is 1. The van der Waals surface area contributed by atoms with Gasteiger partial charge in [0.25, 0.3) is 5.91 Å². The number of aryl methyl sites for hydroxylation is 2. The molecule has 1 aliphatic carbocycles. The van der Waals surface area contributed by atoms with Crippen LogP contribution in [-0.4, -0.2) is 48.7 Å². The fourth-order valence-corrected chi connectivity index (χ4v) is 4.80. The maximum Gasteiger partial charge on any atom is 0.257 e. The summed E-state index contributed by atoms with van der Waals surface area (Å²) in [5.41, 5.74) is 10.3. The van der Waals surface area contributed by atoms with Crippen LogP contribution in [0.25, 0.3) is 21.8 Å². The van der Waals surface area contributed by atoms with Gasteiger partial charge in [-0.2, -0.15) is 5.10 Å². The van der Waals surface area contributed by atoms with E-state index in [2.05, 4.69) is 31.9 Å². The van der Waals surface area contributed by atoms with Gasteiger partial charge in [-0.1, -0.05) is 11.8 Å². The van der Waals surface area contributed by atoms with Gasteiger partial charge in [-0.15, -0.1) is 0 Å². The van der Waals surface area contributed by atoms with Gasteiger partial charge in [0.05, 0.1) is 53.7 Å². The van der Waals surface area contributed by atoms with Gasteiger partial charge in [0.1, 0.15) is 17.4 Å². The summed E-state index contributed by atoms with van der Waals surface area (Å²) in [6.45, 7) is 2.21. The molecule has 40 heavy (non-hydrogen) atoms. The largest absolute Gasteiger partial charge is 0.495 e. The molecule has 4 aromatic heterocycles. The van der Waals surface area contributed by atoms with Crippen LogP contribution in [0.4, 0.5) is 10.2 Å².